The quantitative estimate of drug-likeness (QED) is 0.880. The fraction of sp³-hybridized carbons (Fsp3) is 0.167. The van der Waals surface area contributed by atoms with Crippen molar-refractivity contribution in [2.75, 3.05) is 6.61 Å². The maximum atomic E-state index is 11.8. The number of hydrogen-bond acceptors (Lipinski definition) is 3. The highest BCUT2D eigenvalue weighted by Crippen LogP contribution is 2.18. The summed E-state index contributed by atoms with van der Waals surface area (Å²) in [5.41, 5.74) is -0.110. The number of pyridine rings is 1. The Morgan fingerprint density at radius 3 is 2.67 bits per heavy atom. The number of fused-ring (bicyclic) bond motifs is 1. The van der Waals surface area contributed by atoms with E-state index in [2.05, 4.69) is 0 Å². The van der Waals surface area contributed by atoms with E-state index in [-0.39, 0.29) is 18.8 Å². The Balaban J connectivity index is 2.89. The highest BCUT2D eigenvalue weighted by Gasteiger charge is 2.14. The molecule has 2 aromatic rings. The highest BCUT2D eigenvalue weighted by molar-refractivity contribution is 6.31. The van der Waals surface area contributed by atoms with E-state index in [1.54, 1.807) is 12.1 Å². The van der Waals surface area contributed by atoms with Crippen LogP contribution in [0.2, 0.25) is 5.02 Å². The van der Waals surface area contributed by atoms with Gasteiger partial charge in [0.15, 0.2) is 5.43 Å². The largest absolute Gasteiger partial charge is 0.477 e. The number of carboxylic acid groups (broad SMARTS) is 1. The van der Waals surface area contributed by atoms with Gasteiger partial charge in [0.2, 0.25) is 0 Å². The lowest BCUT2D eigenvalue weighted by Gasteiger charge is -2.13. The number of rotatable bonds is 3. The van der Waals surface area contributed by atoms with Crippen molar-refractivity contribution in [1.29, 1.82) is 0 Å². The monoisotopic (exact) mass is 267 g/mol. The van der Waals surface area contributed by atoms with Crippen molar-refractivity contribution in [1.82, 2.24) is 4.57 Å². The third-order valence-electron chi connectivity index (χ3n) is 2.62. The number of aliphatic hydroxyl groups excluding tert-OH is 1. The molecule has 0 aliphatic carbocycles. The van der Waals surface area contributed by atoms with Gasteiger partial charge in [-0.15, -0.1) is 0 Å². The van der Waals surface area contributed by atoms with E-state index in [0.29, 0.717) is 15.9 Å². The topological polar surface area (TPSA) is 79.5 Å². The van der Waals surface area contributed by atoms with Crippen molar-refractivity contribution in [3.8, 4) is 0 Å². The fourth-order valence-corrected chi connectivity index (χ4v) is 2.04. The van der Waals surface area contributed by atoms with Gasteiger partial charge in [-0.2, -0.15) is 0 Å². The van der Waals surface area contributed by atoms with Crippen LogP contribution in [-0.2, 0) is 6.54 Å². The van der Waals surface area contributed by atoms with Crippen LogP contribution >= 0.6 is 11.6 Å². The normalized spacial score (nSPS) is 10.8. The molecular weight excluding hydrogens is 258 g/mol. The van der Waals surface area contributed by atoms with Gasteiger partial charge in [-0.05, 0) is 18.2 Å². The Bertz CT molecular complexity index is 678. The number of aromatic carboxylic acids is 1. The third kappa shape index (κ3) is 2.10. The van der Waals surface area contributed by atoms with E-state index < -0.39 is 11.4 Å². The summed E-state index contributed by atoms with van der Waals surface area (Å²) in [6, 6.07) is 5.67. The minimum atomic E-state index is -1.21. The van der Waals surface area contributed by atoms with Gasteiger partial charge in [-0.25, -0.2) is 4.79 Å². The molecule has 0 unspecified atom stereocenters. The molecule has 0 aliphatic rings. The van der Waals surface area contributed by atoms with Crippen molar-refractivity contribution in [2.24, 2.45) is 0 Å². The van der Waals surface area contributed by atoms with Crippen LogP contribution in [0.25, 0.3) is 10.9 Å². The van der Waals surface area contributed by atoms with Crippen molar-refractivity contribution in [3.05, 3.63) is 45.2 Å². The lowest BCUT2D eigenvalue weighted by atomic mass is 10.1. The Morgan fingerprint density at radius 1 is 1.33 bits per heavy atom. The van der Waals surface area contributed by atoms with Crippen LogP contribution in [0, 0.1) is 0 Å². The van der Waals surface area contributed by atoms with Crippen LogP contribution in [0.1, 0.15) is 10.5 Å². The molecule has 1 heterocycles. The summed E-state index contributed by atoms with van der Waals surface area (Å²) in [5.74, 6) is -1.21. The smallest absolute Gasteiger partial charge is 0.352 e. The van der Waals surface area contributed by atoms with E-state index >= 15 is 0 Å². The predicted octanol–water partition coefficient (Wildman–Crippen LogP) is 1.35. The Kier molecular flexibility index (Phi) is 3.36. The molecule has 0 saturated heterocycles. The summed E-state index contributed by atoms with van der Waals surface area (Å²) in [6.45, 7) is -0.124. The molecule has 0 radical (unpaired) electrons. The maximum absolute atomic E-state index is 11.8. The molecule has 2 rings (SSSR count). The summed E-state index contributed by atoms with van der Waals surface area (Å²) >= 11 is 5.81. The van der Waals surface area contributed by atoms with Gasteiger partial charge in [-0.1, -0.05) is 11.6 Å². The van der Waals surface area contributed by atoms with E-state index in [4.69, 9.17) is 21.8 Å². The molecule has 2 N–H and O–H groups in total. The molecule has 94 valence electrons. The summed E-state index contributed by atoms with van der Waals surface area (Å²) in [4.78, 5) is 22.9. The van der Waals surface area contributed by atoms with Gasteiger partial charge < -0.3 is 14.8 Å². The molecule has 0 spiro atoms. The molecule has 18 heavy (non-hydrogen) atoms. The van der Waals surface area contributed by atoms with Crippen LogP contribution in [0.15, 0.2) is 29.1 Å². The lowest BCUT2D eigenvalue weighted by molar-refractivity contribution is 0.0683. The van der Waals surface area contributed by atoms with E-state index in [9.17, 15) is 9.59 Å². The lowest BCUT2D eigenvalue weighted by Crippen LogP contribution is -2.19. The summed E-state index contributed by atoms with van der Waals surface area (Å²) in [7, 11) is 0. The number of benzene rings is 1. The second-order valence-electron chi connectivity index (χ2n) is 3.74. The van der Waals surface area contributed by atoms with E-state index in [1.807, 2.05) is 0 Å². The molecule has 1 aromatic carbocycles. The zero-order valence-electron chi connectivity index (χ0n) is 9.26. The van der Waals surface area contributed by atoms with Gasteiger partial charge in [0, 0.05) is 23.0 Å². The Morgan fingerprint density at radius 2 is 2.06 bits per heavy atom. The zero-order valence-corrected chi connectivity index (χ0v) is 10.0. The summed E-state index contributed by atoms with van der Waals surface area (Å²) in [6.07, 6.45) is 0. The standard InChI is InChI=1S/C12H10ClNO4/c13-7-1-2-9-8(5-7)11(16)6-10(12(17)18)14(9)3-4-15/h1-2,5-6,15H,3-4H2,(H,17,18). The second kappa shape index (κ2) is 4.80. The molecular formula is C12H10ClNO4. The number of nitrogens with zero attached hydrogens (tertiary/aromatic N) is 1. The first-order chi connectivity index (χ1) is 8.54. The molecule has 0 atom stereocenters. The maximum Gasteiger partial charge on any atom is 0.352 e. The molecule has 0 aliphatic heterocycles. The number of carbonyl (C=O) groups is 1. The molecule has 6 heteroatoms. The number of halogens is 1. The molecule has 1 aromatic heterocycles. The van der Waals surface area contributed by atoms with Gasteiger partial charge in [-0.3, -0.25) is 4.79 Å². The number of aromatic nitrogens is 1. The second-order valence-corrected chi connectivity index (χ2v) is 4.17. The minimum Gasteiger partial charge on any atom is -0.477 e. The van der Waals surface area contributed by atoms with Gasteiger partial charge in [0.25, 0.3) is 0 Å². The highest BCUT2D eigenvalue weighted by atomic mass is 35.5. The first kappa shape index (κ1) is 12.6. The van der Waals surface area contributed by atoms with Crippen molar-refractivity contribution in [2.45, 2.75) is 6.54 Å². The Hall–Kier alpha value is -1.85. The number of aliphatic hydroxyl groups is 1. The molecule has 0 fully saturated rings. The van der Waals surface area contributed by atoms with E-state index in [0.717, 1.165) is 6.07 Å². The first-order valence-electron chi connectivity index (χ1n) is 5.22. The van der Waals surface area contributed by atoms with Crippen LogP contribution in [0.4, 0.5) is 0 Å². The van der Waals surface area contributed by atoms with Crippen molar-refractivity contribution >= 4 is 28.5 Å². The molecule has 0 saturated carbocycles. The minimum absolute atomic E-state index is 0.0973. The van der Waals surface area contributed by atoms with Crippen LogP contribution < -0.4 is 5.43 Å². The predicted molar refractivity (Wildman–Crippen MR) is 67.3 cm³/mol. The van der Waals surface area contributed by atoms with Gasteiger partial charge in [0.1, 0.15) is 5.69 Å². The van der Waals surface area contributed by atoms with Gasteiger partial charge in [0.05, 0.1) is 12.1 Å². The SMILES string of the molecule is O=C(O)c1cc(=O)c2cc(Cl)ccc2n1CCO. The average Bonchev–Trinajstić information content (AvgIpc) is 2.32. The van der Waals surface area contributed by atoms with E-state index in [1.165, 1.54) is 10.6 Å². The van der Waals surface area contributed by atoms with Crippen LogP contribution in [-0.4, -0.2) is 27.4 Å². The fourth-order valence-electron chi connectivity index (χ4n) is 1.87. The third-order valence-corrected chi connectivity index (χ3v) is 2.85. The zero-order chi connectivity index (χ0) is 13.3. The molecule has 0 bridgehead atoms. The molecule has 0 amide bonds. The van der Waals surface area contributed by atoms with Crippen LogP contribution in [0.3, 0.4) is 0 Å². The summed E-state index contributed by atoms with van der Waals surface area (Å²) < 4.78 is 1.38. The molecule has 5 nitrogen and oxygen atoms in total. The van der Waals surface area contributed by atoms with Crippen LogP contribution in [0.5, 0.6) is 0 Å². The first-order valence-corrected chi connectivity index (χ1v) is 5.59. The summed E-state index contributed by atoms with van der Waals surface area (Å²) in [5, 5.41) is 18.8. The average molecular weight is 268 g/mol. The van der Waals surface area contributed by atoms with Crippen molar-refractivity contribution in [3.63, 3.8) is 0 Å². The Labute approximate surface area is 107 Å². The number of carboxylic acids is 1. The number of hydrogen-bond donors (Lipinski definition) is 2. The van der Waals surface area contributed by atoms with Crippen molar-refractivity contribution < 1.29 is 15.0 Å². The van der Waals surface area contributed by atoms with Gasteiger partial charge >= 0.3 is 5.97 Å².